The number of urea groups is 1. The van der Waals surface area contributed by atoms with Gasteiger partial charge in [-0.3, -0.25) is 10.00 Å². The first-order valence-electron chi connectivity index (χ1n) is 8.62. The molecule has 0 unspecified atom stereocenters. The highest BCUT2D eigenvalue weighted by molar-refractivity contribution is 6.31. The van der Waals surface area contributed by atoms with Crippen LogP contribution in [-0.2, 0) is 6.54 Å². The molecule has 0 aliphatic carbocycles. The van der Waals surface area contributed by atoms with Crippen LogP contribution in [-0.4, -0.2) is 15.8 Å². The van der Waals surface area contributed by atoms with E-state index in [1.165, 1.54) is 12.1 Å². The third-order valence-electron chi connectivity index (χ3n) is 4.27. The van der Waals surface area contributed by atoms with E-state index in [9.17, 15) is 9.18 Å². The number of carbonyl (C=O) groups excluding carboxylic acids is 1. The molecule has 0 radical (unpaired) electrons. The molecule has 7 heteroatoms. The SMILES string of the molecule is O=C(Nc1ccn(Cc2ccc(F)cc2Cl)n1)Nc1cccc2ccccc12. The van der Waals surface area contributed by atoms with Crippen molar-refractivity contribution in [2.75, 3.05) is 10.6 Å². The van der Waals surface area contributed by atoms with Crippen molar-refractivity contribution in [3.8, 4) is 0 Å². The normalized spacial score (nSPS) is 10.8. The van der Waals surface area contributed by atoms with E-state index in [4.69, 9.17) is 11.6 Å². The smallest absolute Gasteiger partial charge is 0.307 e. The fraction of sp³-hybridized carbons (Fsp3) is 0.0476. The van der Waals surface area contributed by atoms with E-state index in [1.807, 2.05) is 42.5 Å². The molecule has 4 aromatic rings. The van der Waals surface area contributed by atoms with Crippen LogP contribution in [0.15, 0.2) is 72.9 Å². The maximum atomic E-state index is 13.1. The van der Waals surface area contributed by atoms with Gasteiger partial charge < -0.3 is 5.32 Å². The molecule has 0 fully saturated rings. The molecular weight excluding hydrogens is 379 g/mol. The molecule has 2 N–H and O–H groups in total. The van der Waals surface area contributed by atoms with Gasteiger partial charge in [-0.25, -0.2) is 9.18 Å². The lowest BCUT2D eigenvalue weighted by atomic mass is 10.1. The van der Waals surface area contributed by atoms with E-state index in [0.29, 0.717) is 23.1 Å². The third-order valence-corrected chi connectivity index (χ3v) is 4.62. The Morgan fingerprint density at radius 1 is 1.04 bits per heavy atom. The lowest BCUT2D eigenvalue weighted by Crippen LogP contribution is -2.20. The summed E-state index contributed by atoms with van der Waals surface area (Å²) in [4.78, 5) is 12.4. The molecule has 0 aliphatic rings. The molecular formula is C21H16ClFN4O. The average Bonchev–Trinajstić information content (AvgIpc) is 3.11. The van der Waals surface area contributed by atoms with Gasteiger partial charge in [0.25, 0.3) is 0 Å². The summed E-state index contributed by atoms with van der Waals surface area (Å²) in [6, 6.07) is 19.0. The number of fused-ring (bicyclic) bond motifs is 1. The highest BCUT2D eigenvalue weighted by Crippen LogP contribution is 2.23. The second-order valence-electron chi connectivity index (χ2n) is 6.24. The Labute approximate surface area is 165 Å². The van der Waals surface area contributed by atoms with E-state index in [-0.39, 0.29) is 11.8 Å². The number of halogens is 2. The first-order valence-corrected chi connectivity index (χ1v) is 8.99. The van der Waals surface area contributed by atoms with Crippen LogP contribution < -0.4 is 10.6 Å². The van der Waals surface area contributed by atoms with Crippen LogP contribution in [0.3, 0.4) is 0 Å². The highest BCUT2D eigenvalue weighted by atomic mass is 35.5. The minimum atomic E-state index is -0.388. The summed E-state index contributed by atoms with van der Waals surface area (Å²) in [6.45, 7) is 0.367. The fourth-order valence-corrected chi connectivity index (χ4v) is 3.17. The lowest BCUT2D eigenvalue weighted by molar-refractivity contribution is 0.262. The van der Waals surface area contributed by atoms with E-state index < -0.39 is 0 Å². The number of anilines is 2. The van der Waals surface area contributed by atoms with Crippen LogP contribution in [0, 0.1) is 5.82 Å². The summed E-state index contributed by atoms with van der Waals surface area (Å²) in [6.07, 6.45) is 1.72. The topological polar surface area (TPSA) is 59.0 Å². The summed E-state index contributed by atoms with van der Waals surface area (Å²) < 4.78 is 14.8. The van der Waals surface area contributed by atoms with Crippen molar-refractivity contribution in [3.63, 3.8) is 0 Å². The lowest BCUT2D eigenvalue weighted by Gasteiger charge is -2.09. The molecule has 2 amide bonds. The molecule has 0 aliphatic heterocycles. The van der Waals surface area contributed by atoms with Gasteiger partial charge in [0.1, 0.15) is 5.82 Å². The largest absolute Gasteiger partial charge is 0.324 e. The zero-order valence-electron chi connectivity index (χ0n) is 14.7. The molecule has 0 saturated heterocycles. The minimum absolute atomic E-state index is 0.332. The number of nitrogens with one attached hydrogen (secondary N) is 2. The summed E-state index contributed by atoms with van der Waals surface area (Å²) in [7, 11) is 0. The van der Waals surface area contributed by atoms with Gasteiger partial charge in [-0.05, 0) is 29.1 Å². The second kappa shape index (κ2) is 7.70. The van der Waals surface area contributed by atoms with Gasteiger partial charge in [0, 0.05) is 22.7 Å². The summed E-state index contributed by atoms with van der Waals surface area (Å²) in [5.74, 6) is 0.0117. The predicted octanol–water partition coefficient (Wildman–Crippen LogP) is 5.52. The highest BCUT2D eigenvalue weighted by Gasteiger charge is 2.09. The first kappa shape index (κ1) is 18.0. The van der Waals surface area contributed by atoms with Gasteiger partial charge in [0.15, 0.2) is 5.82 Å². The van der Waals surface area contributed by atoms with Crippen LogP contribution in [0.1, 0.15) is 5.56 Å². The van der Waals surface area contributed by atoms with Gasteiger partial charge in [0.2, 0.25) is 0 Å². The predicted molar refractivity (Wildman–Crippen MR) is 109 cm³/mol. The number of hydrogen-bond donors (Lipinski definition) is 2. The quantitative estimate of drug-likeness (QED) is 0.478. The Kier molecular flexibility index (Phi) is 4.95. The number of nitrogens with zero attached hydrogens (tertiary/aromatic N) is 2. The molecule has 0 bridgehead atoms. The molecule has 1 heterocycles. The molecule has 1 aromatic heterocycles. The first-order chi connectivity index (χ1) is 13.6. The fourth-order valence-electron chi connectivity index (χ4n) is 2.95. The van der Waals surface area contributed by atoms with Crippen LogP contribution in [0.2, 0.25) is 5.02 Å². The summed E-state index contributed by atoms with van der Waals surface area (Å²) >= 11 is 6.05. The number of rotatable bonds is 4. The third kappa shape index (κ3) is 3.97. The molecule has 3 aromatic carbocycles. The molecule has 4 rings (SSSR count). The summed E-state index contributed by atoms with van der Waals surface area (Å²) in [5, 5.41) is 12.2. The van der Waals surface area contributed by atoms with Crippen molar-refractivity contribution in [3.05, 3.63) is 89.3 Å². The summed E-state index contributed by atoms with van der Waals surface area (Å²) in [5.41, 5.74) is 1.45. The van der Waals surface area contributed by atoms with Crippen molar-refractivity contribution in [1.29, 1.82) is 0 Å². The Balaban J connectivity index is 1.44. The van der Waals surface area contributed by atoms with E-state index in [0.717, 1.165) is 16.3 Å². The van der Waals surface area contributed by atoms with Crippen molar-refractivity contribution in [2.24, 2.45) is 0 Å². The Bertz CT molecular complexity index is 1150. The van der Waals surface area contributed by atoms with Crippen molar-refractivity contribution >= 4 is 39.9 Å². The van der Waals surface area contributed by atoms with Gasteiger partial charge in [0.05, 0.1) is 12.2 Å². The Hall–Kier alpha value is -3.38. The standard InChI is InChI=1S/C21H16ClFN4O/c22-18-12-16(23)9-8-15(18)13-27-11-10-20(26-27)25-21(28)24-19-7-3-5-14-4-1-2-6-17(14)19/h1-12H,13H2,(H2,24,25,26,28). The maximum absolute atomic E-state index is 13.1. The number of aromatic nitrogens is 2. The number of benzene rings is 3. The molecule has 5 nitrogen and oxygen atoms in total. The van der Waals surface area contributed by atoms with Crippen LogP contribution in [0.4, 0.5) is 20.7 Å². The van der Waals surface area contributed by atoms with Gasteiger partial charge in [-0.2, -0.15) is 5.10 Å². The molecule has 0 atom stereocenters. The minimum Gasteiger partial charge on any atom is -0.307 e. The zero-order valence-corrected chi connectivity index (χ0v) is 15.4. The van der Waals surface area contributed by atoms with Crippen LogP contribution in [0.25, 0.3) is 10.8 Å². The number of carbonyl (C=O) groups is 1. The Morgan fingerprint density at radius 3 is 2.71 bits per heavy atom. The number of amides is 2. The van der Waals surface area contributed by atoms with Gasteiger partial charge >= 0.3 is 6.03 Å². The van der Waals surface area contributed by atoms with Crippen molar-refractivity contribution in [2.45, 2.75) is 6.54 Å². The molecule has 0 spiro atoms. The van der Waals surface area contributed by atoms with Crippen LogP contribution in [0.5, 0.6) is 0 Å². The molecule has 0 saturated carbocycles. The second-order valence-corrected chi connectivity index (χ2v) is 6.65. The van der Waals surface area contributed by atoms with Crippen molar-refractivity contribution in [1.82, 2.24) is 9.78 Å². The maximum Gasteiger partial charge on any atom is 0.324 e. The van der Waals surface area contributed by atoms with E-state index >= 15 is 0 Å². The van der Waals surface area contributed by atoms with Gasteiger partial charge in [-0.15, -0.1) is 0 Å². The van der Waals surface area contributed by atoms with E-state index in [2.05, 4.69) is 15.7 Å². The zero-order chi connectivity index (χ0) is 19.5. The van der Waals surface area contributed by atoms with Crippen molar-refractivity contribution < 1.29 is 9.18 Å². The van der Waals surface area contributed by atoms with E-state index in [1.54, 1.807) is 23.0 Å². The van der Waals surface area contributed by atoms with Gasteiger partial charge in [-0.1, -0.05) is 54.1 Å². The molecule has 140 valence electrons. The monoisotopic (exact) mass is 394 g/mol. The molecule has 28 heavy (non-hydrogen) atoms. The average molecular weight is 395 g/mol. The van der Waals surface area contributed by atoms with Crippen LogP contribution >= 0.6 is 11.6 Å². The Morgan fingerprint density at radius 2 is 1.86 bits per heavy atom. The number of hydrogen-bond acceptors (Lipinski definition) is 2.